The van der Waals surface area contributed by atoms with Crippen LogP contribution in [0.15, 0.2) is 78.9 Å². The molecule has 218 valence electrons. The van der Waals surface area contributed by atoms with Gasteiger partial charge in [-0.15, -0.1) is 5.10 Å². The van der Waals surface area contributed by atoms with Crippen LogP contribution in [0.4, 0.5) is 10.6 Å². The lowest BCUT2D eigenvalue weighted by atomic mass is 9.91. The number of hydrogen-bond donors (Lipinski definition) is 2. The summed E-state index contributed by atoms with van der Waals surface area (Å²) in [6.45, 7) is 2.63. The molecule has 4 heterocycles. The first-order chi connectivity index (χ1) is 20.9. The van der Waals surface area contributed by atoms with Crippen molar-refractivity contribution in [2.24, 2.45) is 5.73 Å². The monoisotopic (exact) mass is 577 g/mol. The van der Waals surface area contributed by atoms with E-state index in [4.69, 9.17) is 15.5 Å². The molecular weight excluding hydrogens is 546 g/mol. The minimum atomic E-state index is -0.519. The van der Waals surface area contributed by atoms with Gasteiger partial charge in [-0.3, -0.25) is 29.7 Å². The van der Waals surface area contributed by atoms with Crippen molar-refractivity contribution in [3.05, 3.63) is 95.8 Å². The highest BCUT2D eigenvalue weighted by molar-refractivity contribution is 6.05. The number of nitrogens with two attached hydrogens (primary N) is 1. The molecule has 0 saturated carbocycles. The zero-order valence-corrected chi connectivity index (χ0v) is 23.5. The van der Waals surface area contributed by atoms with Crippen LogP contribution in [0.2, 0.25) is 0 Å². The van der Waals surface area contributed by atoms with Gasteiger partial charge in [0.15, 0.2) is 5.82 Å². The standard InChI is InChI=1S/C32H31N7O4/c33-31(41)26-11-12-27(34-30(26)22-6-9-25(10-7-22)43-24-4-2-1-3-5-24)21-14-17-38(18-15-21)20-23-8-13-28(37-36-23)39-19-16-29(40)35-32(39)42/h1-13,21H,14-20H2,(H2,33,41)(H,35,40,42). The van der Waals surface area contributed by atoms with Crippen LogP contribution in [0.25, 0.3) is 11.3 Å². The molecule has 0 unspecified atom stereocenters. The third-order valence-corrected chi connectivity index (χ3v) is 7.72. The van der Waals surface area contributed by atoms with Crippen molar-refractivity contribution >= 4 is 23.7 Å². The number of imide groups is 1. The van der Waals surface area contributed by atoms with Crippen molar-refractivity contribution in [2.75, 3.05) is 24.5 Å². The first-order valence-corrected chi connectivity index (χ1v) is 14.2. The van der Waals surface area contributed by atoms with Crippen LogP contribution < -0.4 is 20.7 Å². The van der Waals surface area contributed by atoms with Gasteiger partial charge in [-0.1, -0.05) is 18.2 Å². The Kier molecular flexibility index (Phi) is 8.05. The molecule has 43 heavy (non-hydrogen) atoms. The number of anilines is 1. The van der Waals surface area contributed by atoms with Crippen LogP contribution in [0.3, 0.4) is 0 Å². The molecule has 0 radical (unpaired) electrons. The first-order valence-electron chi connectivity index (χ1n) is 14.2. The molecule has 2 fully saturated rings. The molecule has 2 aliphatic rings. The van der Waals surface area contributed by atoms with Crippen molar-refractivity contribution < 1.29 is 19.1 Å². The number of urea groups is 1. The van der Waals surface area contributed by atoms with Crippen molar-refractivity contribution in [1.29, 1.82) is 0 Å². The van der Waals surface area contributed by atoms with E-state index in [2.05, 4.69) is 20.4 Å². The van der Waals surface area contributed by atoms with E-state index in [-0.39, 0.29) is 24.8 Å². The lowest BCUT2D eigenvalue weighted by Gasteiger charge is -2.31. The van der Waals surface area contributed by atoms with E-state index in [0.29, 0.717) is 29.4 Å². The summed E-state index contributed by atoms with van der Waals surface area (Å²) in [5.74, 6) is 1.29. The molecule has 3 N–H and O–H groups in total. The van der Waals surface area contributed by atoms with Gasteiger partial charge in [0, 0.05) is 36.7 Å². The largest absolute Gasteiger partial charge is 0.457 e. The Bertz CT molecular complexity index is 1620. The molecule has 4 aromatic rings. The fourth-order valence-electron chi connectivity index (χ4n) is 5.41. The zero-order valence-electron chi connectivity index (χ0n) is 23.5. The molecule has 0 bridgehead atoms. The van der Waals surface area contributed by atoms with E-state index in [1.807, 2.05) is 66.7 Å². The van der Waals surface area contributed by atoms with Crippen molar-refractivity contribution in [2.45, 2.75) is 31.7 Å². The van der Waals surface area contributed by atoms with Gasteiger partial charge in [0.25, 0.3) is 5.91 Å². The number of pyridine rings is 1. The number of likely N-dealkylation sites (tertiary alicyclic amines) is 1. The number of benzene rings is 2. The average Bonchev–Trinajstić information content (AvgIpc) is 3.03. The number of piperidine rings is 1. The summed E-state index contributed by atoms with van der Waals surface area (Å²) in [5, 5.41) is 10.8. The SMILES string of the molecule is NC(=O)c1ccc(C2CCN(Cc3ccc(N4CCC(=O)NC4=O)nn3)CC2)nc1-c1ccc(Oc2ccccc2)cc1. The van der Waals surface area contributed by atoms with Crippen LogP contribution in [0.5, 0.6) is 11.5 Å². The average molecular weight is 578 g/mol. The summed E-state index contributed by atoms with van der Waals surface area (Å²) in [7, 11) is 0. The van der Waals surface area contributed by atoms with Gasteiger partial charge in [0.1, 0.15) is 11.5 Å². The maximum atomic E-state index is 12.3. The predicted octanol–water partition coefficient (Wildman–Crippen LogP) is 4.26. The maximum absolute atomic E-state index is 12.3. The fourth-order valence-corrected chi connectivity index (χ4v) is 5.41. The van der Waals surface area contributed by atoms with Crippen molar-refractivity contribution in [3.8, 4) is 22.8 Å². The predicted molar refractivity (Wildman–Crippen MR) is 159 cm³/mol. The number of nitrogens with zero attached hydrogens (tertiary/aromatic N) is 5. The molecule has 2 aromatic carbocycles. The van der Waals surface area contributed by atoms with Crippen LogP contribution in [-0.4, -0.2) is 57.6 Å². The smallest absolute Gasteiger partial charge is 0.329 e. The topological polar surface area (TPSA) is 144 Å². The van der Waals surface area contributed by atoms with E-state index in [1.165, 1.54) is 4.90 Å². The Labute approximate surface area is 248 Å². The van der Waals surface area contributed by atoms with E-state index in [0.717, 1.165) is 48.6 Å². The van der Waals surface area contributed by atoms with Gasteiger partial charge in [-0.05, 0) is 86.6 Å². The van der Waals surface area contributed by atoms with E-state index < -0.39 is 11.9 Å². The Morgan fingerprint density at radius 3 is 2.30 bits per heavy atom. The third kappa shape index (κ3) is 6.52. The summed E-state index contributed by atoms with van der Waals surface area (Å²) < 4.78 is 5.91. The second kappa shape index (κ2) is 12.4. The zero-order chi connectivity index (χ0) is 29.8. The quantitative estimate of drug-likeness (QED) is 0.316. The molecule has 0 atom stereocenters. The fraction of sp³-hybridized carbons (Fsp3) is 0.250. The van der Waals surface area contributed by atoms with E-state index >= 15 is 0 Å². The Hall–Kier alpha value is -5.16. The highest BCUT2D eigenvalue weighted by atomic mass is 16.5. The van der Waals surface area contributed by atoms with Crippen LogP contribution in [0.1, 0.15) is 46.9 Å². The van der Waals surface area contributed by atoms with Gasteiger partial charge >= 0.3 is 6.03 Å². The summed E-state index contributed by atoms with van der Waals surface area (Å²) in [6.07, 6.45) is 2.04. The minimum Gasteiger partial charge on any atom is -0.457 e. The Balaban J connectivity index is 1.09. The molecule has 4 amide bonds. The van der Waals surface area contributed by atoms with Gasteiger partial charge in [-0.2, -0.15) is 5.10 Å². The number of ether oxygens (including phenoxy) is 1. The van der Waals surface area contributed by atoms with E-state index in [1.54, 1.807) is 12.1 Å². The molecule has 6 rings (SSSR count). The van der Waals surface area contributed by atoms with Gasteiger partial charge in [0.05, 0.1) is 17.0 Å². The van der Waals surface area contributed by atoms with Crippen molar-refractivity contribution in [3.63, 3.8) is 0 Å². The number of para-hydroxylation sites is 1. The highest BCUT2D eigenvalue weighted by Gasteiger charge is 2.26. The summed E-state index contributed by atoms with van der Waals surface area (Å²) in [4.78, 5) is 44.4. The second-order valence-corrected chi connectivity index (χ2v) is 10.6. The number of amides is 4. The van der Waals surface area contributed by atoms with E-state index in [9.17, 15) is 14.4 Å². The number of aromatic nitrogens is 3. The molecule has 0 aliphatic carbocycles. The number of carbonyl (C=O) groups is 3. The molecule has 2 saturated heterocycles. The van der Waals surface area contributed by atoms with Gasteiger partial charge < -0.3 is 10.5 Å². The van der Waals surface area contributed by atoms with Gasteiger partial charge in [-0.25, -0.2) is 4.79 Å². The minimum absolute atomic E-state index is 0.238. The third-order valence-electron chi connectivity index (χ3n) is 7.72. The van der Waals surface area contributed by atoms with Crippen molar-refractivity contribution in [1.82, 2.24) is 25.4 Å². The number of carbonyl (C=O) groups excluding carboxylic acids is 3. The highest BCUT2D eigenvalue weighted by Crippen LogP contribution is 2.32. The van der Waals surface area contributed by atoms with Crippen LogP contribution >= 0.6 is 0 Å². The van der Waals surface area contributed by atoms with Crippen LogP contribution in [0, 0.1) is 0 Å². The number of rotatable bonds is 8. The molecule has 11 nitrogen and oxygen atoms in total. The normalized spacial score (nSPS) is 16.1. The number of primary amides is 1. The Morgan fingerprint density at radius 2 is 1.63 bits per heavy atom. The maximum Gasteiger partial charge on any atom is 0.329 e. The first kappa shape index (κ1) is 28.0. The molecule has 0 spiro atoms. The summed E-state index contributed by atoms with van der Waals surface area (Å²) >= 11 is 0. The van der Waals surface area contributed by atoms with Crippen LogP contribution in [-0.2, 0) is 11.3 Å². The lowest BCUT2D eigenvalue weighted by Crippen LogP contribution is -2.50. The number of hydrogen-bond acceptors (Lipinski definition) is 8. The molecule has 2 aliphatic heterocycles. The van der Waals surface area contributed by atoms with Gasteiger partial charge in [0.2, 0.25) is 5.91 Å². The second-order valence-electron chi connectivity index (χ2n) is 10.6. The lowest BCUT2D eigenvalue weighted by molar-refractivity contribution is -0.120. The summed E-state index contributed by atoms with van der Waals surface area (Å²) in [5.41, 5.74) is 9.20. The Morgan fingerprint density at radius 1 is 0.884 bits per heavy atom. The molecule has 2 aromatic heterocycles. The molecule has 11 heteroatoms. The molecular formula is C32H31N7O4. The number of nitrogens with one attached hydrogen (secondary N) is 1. The summed E-state index contributed by atoms with van der Waals surface area (Å²) in [6, 6.07) is 23.9.